The van der Waals surface area contributed by atoms with Crippen molar-refractivity contribution in [3.63, 3.8) is 0 Å². The molecule has 0 amide bonds. The average molecular weight is 330 g/mol. The number of hydrogen-bond donors (Lipinski definition) is 1. The molecule has 0 fully saturated rings. The summed E-state index contributed by atoms with van der Waals surface area (Å²) in [6, 6.07) is 0. The number of H-pyrrole nitrogens is 1. The zero-order valence-electron chi connectivity index (χ0n) is 12.3. The Morgan fingerprint density at radius 3 is 3.14 bits per heavy atom. The van der Waals surface area contributed by atoms with Gasteiger partial charge in [0.1, 0.15) is 10.7 Å². The Labute approximate surface area is 134 Å². The fourth-order valence-corrected chi connectivity index (χ4v) is 5.08. The fraction of sp³-hybridized carbons (Fsp3) is 0.429. The van der Waals surface area contributed by atoms with Crippen molar-refractivity contribution in [2.45, 2.75) is 33.1 Å². The molecule has 0 spiro atoms. The highest BCUT2D eigenvalue weighted by Gasteiger charge is 2.25. The molecule has 4 aromatic rings. The summed E-state index contributed by atoms with van der Waals surface area (Å²) in [5, 5.41) is 13.0. The molecular formula is C14H14N6S2. The van der Waals surface area contributed by atoms with Crippen molar-refractivity contribution in [3.05, 3.63) is 21.0 Å². The van der Waals surface area contributed by atoms with Crippen molar-refractivity contribution in [3.8, 4) is 0 Å². The Kier molecular flexibility index (Phi) is 2.39. The Hall–Kier alpha value is -1.80. The molecule has 1 atom stereocenters. The topological polar surface area (TPSA) is 63.3 Å². The van der Waals surface area contributed by atoms with Crippen LogP contribution in [0.25, 0.3) is 21.6 Å². The van der Waals surface area contributed by atoms with E-state index < -0.39 is 0 Å². The van der Waals surface area contributed by atoms with E-state index in [2.05, 4.69) is 27.2 Å². The Balaban J connectivity index is 2.10. The van der Waals surface area contributed by atoms with Crippen LogP contribution in [0.1, 0.15) is 29.6 Å². The van der Waals surface area contributed by atoms with E-state index in [9.17, 15) is 0 Å². The highest BCUT2D eigenvalue weighted by atomic mass is 32.1. The van der Waals surface area contributed by atoms with Crippen LogP contribution in [0.3, 0.4) is 0 Å². The quantitative estimate of drug-likeness (QED) is 0.503. The van der Waals surface area contributed by atoms with E-state index in [0.717, 1.165) is 29.1 Å². The molecule has 8 heteroatoms. The Bertz CT molecular complexity index is 1110. The lowest BCUT2D eigenvalue weighted by molar-refractivity contribution is 0.508. The predicted molar refractivity (Wildman–Crippen MR) is 88.2 cm³/mol. The van der Waals surface area contributed by atoms with Gasteiger partial charge in [-0.15, -0.1) is 21.5 Å². The number of rotatable bonds is 0. The third kappa shape index (κ3) is 1.49. The molecule has 6 nitrogen and oxygen atoms in total. The van der Waals surface area contributed by atoms with Gasteiger partial charge in [0.05, 0.1) is 5.39 Å². The first-order chi connectivity index (χ1) is 10.6. The number of aromatic nitrogens is 6. The van der Waals surface area contributed by atoms with Gasteiger partial charge >= 0.3 is 0 Å². The lowest BCUT2D eigenvalue weighted by Gasteiger charge is -2.17. The maximum atomic E-state index is 5.44. The fourth-order valence-electron chi connectivity index (χ4n) is 3.46. The van der Waals surface area contributed by atoms with Gasteiger partial charge in [-0.2, -0.15) is 4.52 Å². The summed E-state index contributed by atoms with van der Waals surface area (Å²) in [6.07, 6.45) is 3.50. The molecule has 0 aromatic carbocycles. The van der Waals surface area contributed by atoms with Gasteiger partial charge in [-0.1, -0.05) is 6.92 Å². The molecule has 0 radical (unpaired) electrons. The molecular weight excluding hydrogens is 316 g/mol. The van der Waals surface area contributed by atoms with Gasteiger partial charge in [0.2, 0.25) is 4.77 Å². The van der Waals surface area contributed by atoms with Crippen molar-refractivity contribution in [2.24, 2.45) is 5.92 Å². The summed E-state index contributed by atoms with van der Waals surface area (Å²) < 4.78 is 4.43. The van der Waals surface area contributed by atoms with Crippen LogP contribution in [0, 0.1) is 17.6 Å². The van der Waals surface area contributed by atoms with Gasteiger partial charge in [0.25, 0.3) is 5.78 Å². The summed E-state index contributed by atoms with van der Waals surface area (Å²) in [4.78, 5) is 7.27. The lowest BCUT2D eigenvalue weighted by atomic mass is 9.89. The van der Waals surface area contributed by atoms with Gasteiger partial charge in [-0.25, -0.2) is 14.5 Å². The maximum absolute atomic E-state index is 5.44. The molecule has 22 heavy (non-hydrogen) atoms. The molecule has 4 aromatic heterocycles. The molecule has 1 aliphatic rings. The molecule has 1 aliphatic carbocycles. The monoisotopic (exact) mass is 330 g/mol. The summed E-state index contributed by atoms with van der Waals surface area (Å²) in [7, 11) is 0. The van der Waals surface area contributed by atoms with E-state index in [4.69, 9.17) is 12.2 Å². The highest BCUT2D eigenvalue weighted by molar-refractivity contribution is 7.71. The van der Waals surface area contributed by atoms with Gasteiger partial charge in [0, 0.05) is 4.88 Å². The van der Waals surface area contributed by atoms with Gasteiger partial charge < -0.3 is 0 Å². The minimum absolute atomic E-state index is 0.613. The van der Waals surface area contributed by atoms with Gasteiger partial charge in [-0.05, 0) is 49.9 Å². The molecule has 0 saturated heterocycles. The van der Waals surface area contributed by atoms with Crippen LogP contribution in [0.4, 0.5) is 0 Å². The highest BCUT2D eigenvalue weighted by Crippen LogP contribution is 2.40. The maximum Gasteiger partial charge on any atom is 0.257 e. The van der Waals surface area contributed by atoms with Crippen molar-refractivity contribution >= 4 is 45.2 Å². The molecule has 112 valence electrons. The van der Waals surface area contributed by atoms with Crippen molar-refractivity contribution in [1.29, 1.82) is 0 Å². The van der Waals surface area contributed by atoms with E-state index in [1.807, 2.05) is 27.2 Å². The van der Waals surface area contributed by atoms with E-state index >= 15 is 0 Å². The number of nitrogens with zero attached hydrogens (tertiary/aromatic N) is 5. The van der Waals surface area contributed by atoms with Crippen LogP contribution in [-0.4, -0.2) is 29.2 Å². The number of hydrogen-bond acceptors (Lipinski definition) is 5. The largest absolute Gasteiger partial charge is 0.257 e. The smallest absolute Gasteiger partial charge is 0.249 e. The predicted octanol–water partition coefficient (Wildman–Crippen LogP) is 3.08. The molecule has 0 aliphatic heterocycles. The van der Waals surface area contributed by atoms with E-state index in [-0.39, 0.29) is 0 Å². The number of thiophene rings is 1. The first kappa shape index (κ1) is 12.7. The minimum Gasteiger partial charge on any atom is -0.249 e. The van der Waals surface area contributed by atoms with Crippen LogP contribution < -0.4 is 0 Å². The van der Waals surface area contributed by atoms with Crippen LogP contribution in [0.5, 0.6) is 0 Å². The SMILES string of the molecule is Cc1nc2c3c4c(sc3n3c(=S)[nH]nc3n2n1)CCC(C)C4. The molecule has 1 unspecified atom stereocenters. The van der Waals surface area contributed by atoms with E-state index in [1.54, 1.807) is 0 Å². The Morgan fingerprint density at radius 2 is 2.27 bits per heavy atom. The first-order valence-corrected chi connectivity index (χ1v) is 8.62. The second-order valence-electron chi connectivity index (χ2n) is 6.09. The average Bonchev–Trinajstić information content (AvgIpc) is 3.13. The van der Waals surface area contributed by atoms with Gasteiger partial charge in [-0.3, -0.25) is 0 Å². The first-order valence-electron chi connectivity index (χ1n) is 7.40. The van der Waals surface area contributed by atoms with Crippen LogP contribution in [0.2, 0.25) is 0 Å². The van der Waals surface area contributed by atoms with Gasteiger partial charge in [0.15, 0.2) is 5.65 Å². The standard InChI is InChI=1S/C14H14N6S2/c1-6-3-4-9-8(5-6)10-11-15-7(2)18-20(11)13-16-17-14(21)19(13)12(10)22-9/h6H,3-5H2,1-2H3,(H,17,21). The normalized spacial score (nSPS) is 18.5. The van der Waals surface area contributed by atoms with E-state index in [1.165, 1.54) is 22.2 Å². The van der Waals surface area contributed by atoms with Crippen molar-refractivity contribution < 1.29 is 0 Å². The number of fused-ring (bicyclic) bond motifs is 8. The number of aromatic amines is 1. The number of nitrogens with one attached hydrogen (secondary N) is 1. The third-order valence-electron chi connectivity index (χ3n) is 4.47. The molecule has 0 bridgehead atoms. The molecule has 4 heterocycles. The lowest BCUT2D eigenvalue weighted by Crippen LogP contribution is -2.09. The summed E-state index contributed by atoms with van der Waals surface area (Å²) in [5.74, 6) is 2.18. The van der Waals surface area contributed by atoms with E-state index in [0.29, 0.717) is 16.5 Å². The molecule has 5 rings (SSSR count). The van der Waals surface area contributed by atoms with Crippen molar-refractivity contribution in [1.82, 2.24) is 29.2 Å². The number of aryl methyl sites for hydroxylation is 2. The minimum atomic E-state index is 0.613. The zero-order valence-corrected chi connectivity index (χ0v) is 13.9. The summed E-state index contributed by atoms with van der Waals surface area (Å²) >= 11 is 7.27. The molecule has 0 saturated carbocycles. The third-order valence-corrected chi connectivity index (χ3v) is 6.02. The van der Waals surface area contributed by atoms with Crippen molar-refractivity contribution in [2.75, 3.05) is 0 Å². The second kappa shape index (κ2) is 4.14. The molecule has 1 N–H and O–H groups in total. The summed E-state index contributed by atoms with van der Waals surface area (Å²) in [5.41, 5.74) is 2.33. The second-order valence-corrected chi connectivity index (χ2v) is 7.56. The zero-order chi connectivity index (χ0) is 15.0. The Morgan fingerprint density at radius 1 is 1.41 bits per heavy atom. The van der Waals surface area contributed by atoms with Crippen LogP contribution >= 0.6 is 23.6 Å². The van der Waals surface area contributed by atoms with Crippen LogP contribution in [0.15, 0.2) is 0 Å². The van der Waals surface area contributed by atoms with Crippen LogP contribution in [-0.2, 0) is 12.8 Å². The summed E-state index contributed by atoms with van der Waals surface area (Å²) in [6.45, 7) is 4.23.